The molecule has 1 aliphatic rings. The summed E-state index contributed by atoms with van der Waals surface area (Å²) in [4.78, 5) is 35.6. The topological polar surface area (TPSA) is 120 Å². The third-order valence-electron chi connectivity index (χ3n) is 4.36. The Morgan fingerprint density at radius 1 is 1.16 bits per heavy atom. The fourth-order valence-corrected chi connectivity index (χ4v) is 3.86. The van der Waals surface area contributed by atoms with E-state index >= 15 is 0 Å². The molecule has 3 aromatic rings. The van der Waals surface area contributed by atoms with Gasteiger partial charge in [0.1, 0.15) is 17.3 Å². The predicted octanol–water partition coefficient (Wildman–Crippen LogP) is 3.78. The first-order valence-electron chi connectivity index (χ1n) is 9.21. The summed E-state index contributed by atoms with van der Waals surface area (Å²) < 4.78 is 5.14. The van der Waals surface area contributed by atoms with E-state index in [0.29, 0.717) is 34.7 Å². The fourth-order valence-electron chi connectivity index (χ4n) is 2.93. The van der Waals surface area contributed by atoms with Crippen molar-refractivity contribution >= 4 is 58.0 Å². The Labute approximate surface area is 186 Å². The van der Waals surface area contributed by atoms with Gasteiger partial charge in [-0.25, -0.2) is 9.97 Å². The van der Waals surface area contributed by atoms with E-state index in [-0.39, 0.29) is 16.6 Å². The smallest absolute Gasteiger partial charge is 0.289 e. The van der Waals surface area contributed by atoms with Crippen LogP contribution in [0.3, 0.4) is 0 Å². The molecule has 9 nitrogen and oxygen atoms in total. The number of aromatic nitrogens is 2. The van der Waals surface area contributed by atoms with E-state index in [1.54, 1.807) is 48.2 Å². The Bertz CT molecular complexity index is 1150. The number of thiazole rings is 1. The van der Waals surface area contributed by atoms with E-state index in [4.69, 9.17) is 21.7 Å². The molecule has 0 radical (unpaired) electrons. The van der Waals surface area contributed by atoms with E-state index in [0.717, 1.165) is 17.0 Å². The van der Waals surface area contributed by atoms with E-state index in [1.165, 1.54) is 6.20 Å². The standard InChI is InChI=1S/C20H17ClN6O3S/c1-11-24-16(18(28)26-15-7-2-12(21)10-23-15)17(31-11)19(29)25-13-3-5-14(6-4-13)27-8-9-30-20(27)22/h2-7,10,22H,8-9H2,1H3,(H,25,29)(H,23,26,28). The summed E-state index contributed by atoms with van der Waals surface area (Å²) in [7, 11) is 0. The lowest BCUT2D eigenvalue weighted by Gasteiger charge is -2.15. The number of amides is 2. The third kappa shape index (κ3) is 4.65. The average molecular weight is 457 g/mol. The van der Waals surface area contributed by atoms with Gasteiger partial charge in [0, 0.05) is 17.6 Å². The van der Waals surface area contributed by atoms with Crippen LogP contribution in [0.5, 0.6) is 0 Å². The number of anilines is 3. The number of hydrogen-bond acceptors (Lipinski definition) is 7. The molecule has 0 bridgehead atoms. The highest BCUT2D eigenvalue weighted by Gasteiger charge is 2.24. The van der Waals surface area contributed by atoms with Crippen molar-refractivity contribution in [3.05, 3.63) is 63.2 Å². The van der Waals surface area contributed by atoms with E-state index in [9.17, 15) is 9.59 Å². The van der Waals surface area contributed by atoms with Gasteiger partial charge in [-0.05, 0) is 43.3 Å². The van der Waals surface area contributed by atoms with Crippen LogP contribution in [-0.2, 0) is 4.74 Å². The number of halogens is 1. The number of nitrogens with zero attached hydrogens (tertiary/aromatic N) is 3. The lowest BCUT2D eigenvalue weighted by molar-refractivity contribution is 0.0990. The van der Waals surface area contributed by atoms with Gasteiger partial charge in [0.25, 0.3) is 17.8 Å². The Balaban J connectivity index is 1.48. The molecule has 11 heteroatoms. The highest BCUT2D eigenvalue weighted by molar-refractivity contribution is 7.14. The summed E-state index contributed by atoms with van der Waals surface area (Å²) in [6.07, 6.45) is 1.41. The van der Waals surface area contributed by atoms with Crippen LogP contribution in [-0.4, -0.2) is 41.0 Å². The normalized spacial score (nSPS) is 13.1. The van der Waals surface area contributed by atoms with E-state index < -0.39 is 11.8 Å². The Kier molecular flexibility index (Phi) is 5.83. The van der Waals surface area contributed by atoms with Gasteiger partial charge < -0.3 is 15.4 Å². The number of rotatable bonds is 5. The van der Waals surface area contributed by atoms with Gasteiger partial charge in [-0.3, -0.25) is 19.9 Å². The number of benzene rings is 1. The maximum absolute atomic E-state index is 12.8. The summed E-state index contributed by atoms with van der Waals surface area (Å²) in [6.45, 7) is 2.80. The number of carbonyl (C=O) groups is 2. The molecule has 0 atom stereocenters. The number of aryl methyl sites for hydroxylation is 1. The molecule has 1 aromatic carbocycles. The number of ether oxygens (including phenoxy) is 1. The molecule has 0 spiro atoms. The van der Waals surface area contributed by atoms with Crippen molar-refractivity contribution in [2.75, 3.05) is 28.7 Å². The molecule has 0 unspecified atom stereocenters. The Morgan fingerprint density at radius 2 is 1.94 bits per heavy atom. The summed E-state index contributed by atoms with van der Waals surface area (Å²) >= 11 is 6.94. The lowest BCUT2D eigenvalue weighted by atomic mass is 10.2. The second-order valence-corrected chi connectivity index (χ2v) is 8.17. The second-order valence-electron chi connectivity index (χ2n) is 6.53. The maximum atomic E-state index is 12.8. The summed E-state index contributed by atoms with van der Waals surface area (Å²) in [5.74, 6) is -0.671. The van der Waals surface area contributed by atoms with E-state index in [2.05, 4.69) is 20.6 Å². The summed E-state index contributed by atoms with van der Waals surface area (Å²) in [5.41, 5.74) is 1.37. The number of carbonyl (C=O) groups excluding carboxylic acids is 2. The highest BCUT2D eigenvalue weighted by atomic mass is 35.5. The van der Waals surface area contributed by atoms with Crippen molar-refractivity contribution in [3.63, 3.8) is 0 Å². The van der Waals surface area contributed by atoms with Crippen LogP contribution >= 0.6 is 22.9 Å². The number of nitrogens with one attached hydrogen (secondary N) is 3. The Morgan fingerprint density at radius 3 is 2.58 bits per heavy atom. The molecule has 1 saturated heterocycles. The molecule has 3 heterocycles. The lowest BCUT2D eigenvalue weighted by Crippen LogP contribution is -2.23. The van der Waals surface area contributed by atoms with Crippen molar-refractivity contribution in [1.29, 1.82) is 5.41 Å². The summed E-state index contributed by atoms with van der Waals surface area (Å²) in [5, 5.41) is 14.2. The third-order valence-corrected chi connectivity index (χ3v) is 5.55. The second kappa shape index (κ2) is 8.70. The van der Waals surface area contributed by atoms with Crippen molar-refractivity contribution in [3.8, 4) is 0 Å². The van der Waals surface area contributed by atoms with Crippen LogP contribution in [0.4, 0.5) is 17.2 Å². The van der Waals surface area contributed by atoms with Crippen molar-refractivity contribution < 1.29 is 14.3 Å². The first kappa shape index (κ1) is 20.8. The molecule has 2 aromatic heterocycles. The molecule has 1 aliphatic heterocycles. The molecule has 158 valence electrons. The van der Waals surface area contributed by atoms with Crippen molar-refractivity contribution in [2.24, 2.45) is 0 Å². The van der Waals surface area contributed by atoms with Crippen molar-refractivity contribution in [2.45, 2.75) is 6.92 Å². The van der Waals surface area contributed by atoms with Gasteiger partial charge in [-0.15, -0.1) is 11.3 Å². The van der Waals surface area contributed by atoms with Gasteiger partial charge in [0.15, 0.2) is 5.69 Å². The van der Waals surface area contributed by atoms with Gasteiger partial charge in [-0.1, -0.05) is 11.6 Å². The SMILES string of the molecule is Cc1nc(C(=O)Nc2ccc(Cl)cn2)c(C(=O)Nc2ccc(N3CCOC3=N)cc2)s1. The summed E-state index contributed by atoms with van der Waals surface area (Å²) in [6, 6.07) is 10.3. The predicted molar refractivity (Wildman–Crippen MR) is 119 cm³/mol. The maximum Gasteiger partial charge on any atom is 0.289 e. The molecule has 1 fully saturated rings. The minimum Gasteiger partial charge on any atom is -0.463 e. The first-order valence-corrected chi connectivity index (χ1v) is 10.4. The zero-order valence-electron chi connectivity index (χ0n) is 16.3. The molecule has 4 rings (SSSR count). The van der Waals surface area contributed by atoms with Crippen LogP contribution in [0, 0.1) is 12.3 Å². The van der Waals surface area contributed by atoms with Gasteiger partial charge in [0.2, 0.25) is 0 Å². The van der Waals surface area contributed by atoms with Crippen LogP contribution in [0.25, 0.3) is 0 Å². The number of pyridine rings is 1. The quantitative estimate of drug-likeness (QED) is 0.537. The monoisotopic (exact) mass is 456 g/mol. The molecule has 31 heavy (non-hydrogen) atoms. The van der Waals surface area contributed by atoms with Crippen molar-refractivity contribution in [1.82, 2.24) is 9.97 Å². The minimum atomic E-state index is -0.535. The van der Waals surface area contributed by atoms with Crippen LogP contribution in [0.2, 0.25) is 5.02 Å². The Hall–Kier alpha value is -3.50. The molecule has 0 aliphatic carbocycles. The number of amidine groups is 1. The van der Waals surface area contributed by atoms with Gasteiger partial charge >= 0.3 is 0 Å². The molecular weight excluding hydrogens is 440 g/mol. The zero-order valence-corrected chi connectivity index (χ0v) is 17.9. The van der Waals surface area contributed by atoms with Crippen LogP contribution in [0.15, 0.2) is 42.6 Å². The first-order chi connectivity index (χ1) is 14.9. The van der Waals surface area contributed by atoms with Gasteiger partial charge in [-0.2, -0.15) is 0 Å². The van der Waals surface area contributed by atoms with Crippen LogP contribution in [0.1, 0.15) is 25.2 Å². The zero-order chi connectivity index (χ0) is 22.0. The van der Waals surface area contributed by atoms with E-state index in [1.807, 2.05) is 0 Å². The minimum absolute atomic E-state index is 0.0241. The van der Waals surface area contributed by atoms with Crippen LogP contribution < -0.4 is 15.5 Å². The average Bonchev–Trinajstić information content (AvgIpc) is 3.36. The molecule has 0 saturated carbocycles. The number of hydrogen-bond donors (Lipinski definition) is 3. The van der Waals surface area contributed by atoms with Gasteiger partial charge in [0.05, 0.1) is 16.6 Å². The molecule has 3 N–H and O–H groups in total. The fraction of sp³-hybridized carbons (Fsp3) is 0.150. The largest absolute Gasteiger partial charge is 0.463 e. The molecule has 2 amide bonds. The highest BCUT2D eigenvalue weighted by Crippen LogP contribution is 2.24. The molecular formula is C20H17ClN6O3S.